The summed E-state index contributed by atoms with van der Waals surface area (Å²) in [6.07, 6.45) is 4.89. The van der Waals surface area contributed by atoms with E-state index < -0.39 is 5.60 Å². The maximum Gasteiger partial charge on any atom is 0.410 e. The van der Waals surface area contributed by atoms with Crippen molar-refractivity contribution in [2.75, 3.05) is 14.2 Å². The third-order valence-corrected chi connectivity index (χ3v) is 7.49. The molecule has 2 unspecified atom stereocenters. The summed E-state index contributed by atoms with van der Waals surface area (Å²) in [7, 11) is 3.32. The van der Waals surface area contributed by atoms with Crippen molar-refractivity contribution in [2.45, 2.75) is 77.5 Å². The SMILES string of the molecule is COc1ccc(-c2[nH]c3ccc(C4=CCC5CC(C4)N5C(=O)OC(C)(C)C)cc3c2C(C)C)cc1OC. The summed E-state index contributed by atoms with van der Waals surface area (Å²) in [6, 6.07) is 13.2. The van der Waals surface area contributed by atoms with Crippen LogP contribution in [-0.4, -0.2) is 47.9 Å². The number of nitrogens with zero attached hydrogens (tertiary/aromatic N) is 1. The number of carbonyl (C=O) groups is 1. The Labute approximate surface area is 219 Å². The van der Waals surface area contributed by atoms with Crippen LogP contribution in [0, 0.1) is 0 Å². The van der Waals surface area contributed by atoms with Crippen LogP contribution in [0.3, 0.4) is 0 Å². The molecule has 6 rings (SSSR count). The van der Waals surface area contributed by atoms with Gasteiger partial charge >= 0.3 is 6.09 Å². The van der Waals surface area contributed by atoms with Gasteiger partial charge in [0, 0.05) is 28.6 Å². The Morgan fingerprint density at radius 1 is 1.00 bits per heavy atom. The van der Waals surface area contributed by atoms with Crippen LogP contribution < -0.4 is 9.47 Å². The third kappa shape index (κ3) is 4.70. The molecule has 0 saturated carbocycles. The molecule has 2 aliphatic heterocycles. The van der Waals surface area contributed by atoms with E-state index in [0.29, 0.717) is 11.7 Å². The number of ether oxygens (including phenoxy) is 3. The molecule has 6 nitrogen and oxygen atoms in total. The number of carbonyl (C=O) groups excluding carboxylic acids is 1. The minimum Gasteiger partial charge on any atom is -0.493 e. The van der Waals surface area contributed by atoms with Gasteiger partial charge in [0.25, 0.3) is 0 Å². The van der Waals surface area contributed by atoms with Crippen molar-refractivity contribution in [2.24, 2.45) is 0 Å². The topological polar surface area (TPSA) is 63.8 Å². The second-order valence-electron chi connectivity index (χ2n) is 11.5. The molecule has 6 heteroatoms. The predicted octanol–water partition coefficient (Wildman–Crippen LogP) is 7.53. The van der Waals surface area contributed by atoms with Crippen molar-refractivity contribution >= 4 is 22.6 Å². The molecule has 196 valence electrons. The fourth-order valence-electron chi connectivity index (χ4n) is 5.79. The fourth-order valence-corrected chi connectivity index (χ4v) is 5.79. The fraction of sp³-hybridized carbons (Fsp3) is 0.452. The van der Waals surface area contributed by atoms with E-state index >= 15 is 0 Å². The Hall–Kier alpha value is -3.41. The van der Waals surface area contributed by atoms with E-state index in [-0.39, 0.29) is 18.2 Å². The van der Waals surface area contributed by atoms with Gasteiger partial charge in [-0.2, -0.15) is 0 Å². The molecule has 1 fully saturated rings. The van der Waals surface area contributed by atoms with Gasteiger partial charge in [0.15, 0.2) is 11.5 Å². The van der Waals surface area contributed by atoms with E-state index in [2.05, 4.69) is 49.2 Å². The number of hydrogen-bond donors (Lipinski definition) is 1. The zero-order valence-corrected chi connectivity index (χ0v) is 23.0. The summed E-state index contributed by atoms with van der Waals surface area (Å²) >= 11 is 0. The zero-order valence-electron chi connectivity index (χ0n) is 23.0. The summed E-state index contributed by atoms with van der Waals surface area (Å²) in [6.45, 7) is 10.2. The summed E-state index contributed by atoms with van der Waals surface area (Å²) in [5.41, 5.74) is 6.64. The molecule has 1 amide bonds. The molecule has 1 saturated heterocycles. The van der Waals surface area contributed by atoms with Crippen molar-refractivity contribution in [1.29, 1.82) is 0 Å². The van der Waals surface area contributed by atoms with Gasteiger partial charge in [-0.05, 0) is 93.0 Å². The average molecular weight is 503 g/mol. The minimum absolute atomic E-state index is 0.189. The van der Waals surface area contributed by atoms with Crippen LogP contribution in [0.2, 0.25) is 0 Å². The van der Waals surface area contributed by atoms with E-state index in [1.54, 1.807) is 14.2 Å². The van der Waals surface area contributed by atoms with E-state index in [9.17, 15) is 4.79 Å². The predicted molar refractivity (Wildman–Crippen MR) is 148 cm³/mol. The van der Waals surface area contributed by atoms with Gasteiger partial charge in [-0.3, -0.25) is 0 Å². The zero-order chi connectivity index (χ0) is 26.5. The maximum absolute atomic E-state index is 12.8. The second-order valence-corrected chi connectivity index (χ2v) is 11.5. The van der Waals surface area contributed by atoms with Crippen LogP contribution in [0.1, 0.15) is 70.9 Å². The highest BCUT2D eigenvalue weighted by Crippen LogP contribution is 2.43. The number of aromatic amines is 1. The minimum atomic E-state index is -0.482. The number of nitrogens with one attached hydrogen (secondary N) is 1. The quantitative estimate of drug-likeness (QED) is 0.392. The molecule has 3 aromatic rings. The van der Waals surface area contributed by atoms with Crippen molar-refractivity contribution in [3.8, 4) is 22.8 Å². The standard InChI is InChI=1S/C31H38N2O4/c1-18(2)28-24-15-20(19-8-11-22-17-23(14-19)33(22)30(34)37-31(3,4)5)9-12-25(24)32-29(28)21-10-13-26(35-6)27(16-21)36-7/h8-10,12-13,15-16,18,22-23,32H,11,14,17H2,1-7H3. The van der Waals surface area contributed by atoms with Gasteiger partial charge in [-0.25, -0.2) is 4.79 Å². The number of fused-ring (bicyclic) bond motifs is 3. The summed E-state index contributed by atoms with van der Waals surface area (Å²) in [5.74, 6) is 1.76. The Morgan fingerprint density at radius 3 is 2.41 bits per heavy atom. The van der Waals surface area contributed by atoms with Crippen LogP contribution in [0.4, 0.5) is 4.79 Å². The highest BCUT2D eigenvalue weighted by Gasteiger charge is 2.44. The summed E-state index contributed by atoms with van der Waals surface area (Å²) < 4.78 is 16.7. The molecule has 2 bridgehead atoms. The van der Waals surface area contributed by atoms with Crippen LogP contribution in [-0.2, 0) is 4.74 Å². The number of rotatable bonds is 5. The number of aromatic nitrogens is 1. The Morgan fingerprint density at radius 2 is 1.73 bits per heavy atom. The van der Waals surface area contributed by atoms with Crippen molar-refractivity contribution in [3.05, 3.63) is 53.6 Å². The van der Waals surface area contributed by atoms with Gasteiger partial charge in [-0.1, -0.05) is 26.0 Å². The van der Waals surface area contributed by atoms with Crippen LogP contribution in [0.25, 0.3) is 27.7 Å². The first-order chi connectivity index (χ1) is 17.6. The second kappa shape index (κ2) is 9.47. The van der Waals surface area contributed by atoms with Gasteiger partial charge in [0.1, 0.15) is 5.60 Å². The lowest BCUT2D eigenvalue weighted by Crippen LogP contribution is -2.58. The smallest absolute Gasteiger partial charge is 0.410 e. The Kier molecular flexibility index (Phi) is 6.47. The molecule has 2 aromatic carbocycles. The monoisotopic (exact) mass is 502 g/mol. The molecule has 1 N–H and O–H groups in total. The highest BCUT2D eigenvalue weighted by molar-refractivity contribution is 5.94. The number of H-pyrrole nitrogens is 1. The molecular formula is C31H38N2O4. The van der Waals surface area contributed by atoms with E-state index in [1.807, 2.05) is 37.8 Å². The van der Waals surface area contributed by atoms with Crippen molar-refractivity contribution in [3.63, 3.8) is 0 Å². The highest BCUT2D eigenvalue weighted by atomic mass is 16.6. The van der Waals surface area contributed by atoms with E-state index in [4.69, 9.17) is 14.2 Å². The van der Waals surface area contributed by atoms with Gasteiger partial charge < -0.3 is 24.1 Å². The number of amides is 1. The molecule has 37 heavy (non-hydrogen) atoms. The Bertz CT molecular complexity index is 1360. The molecule has 1 aromatic heterocycles. The lowest BCUT2D eigenvalue weighted by atomic mass is 9.89. The van der Waals surface area contributed by atoms with Crippen molar-refractivity contribution < 1.29 is 19.0 Å². The first-order valence-electron chi connectivity index (χ1n) is 13.2. The number of hydrogen-bond acceptors (Lipinski definition) is 4. The van der Waals surface area contributed by atoms with Gasteiger partial charge in [0.2, 0.25) is 0 Å². The normalized spacial score (nSPS) is 19.4. The van der Waals surface area contributed by atoms with E-state index in [0.717, 1.165) is 41.8 Å². The summed E-state index contributed by atoms with van der Waals surface area (Å²) in [5, 5.41) is 1.23. The number of benzene rings is 2. The van der Waals surface area contributed by atoms with Crippen LogP contribution in [0.5, 0.6) is 11.5 Å². The molecule has 3 heterocycles. The molecule has 0 spiro atoms. The molecule has 3 aliphatic rings. The van der Waals surface area contributed by atoms with Crippen molar-refractivity contribution in [1.82, 2.24) is 9.88 Å². The summed E-state index contributed by atoms with van der Waals surface area (Å²) in [4.78, 5) is 18.5. The lowest BCUT2D eigenvalue weighted by Gasteiger charge is -2.47. The Balaban J connectivity index is 1.48. The first kappa shape index (κ1) is 25.2. The molecule has 0 radical (unpaired) electrons. The largest absolute Gasteiger partial charge is 0.493 e. The van der Waals surface area contributed by atoms with E-state index in [1.165, 1.54) is 22.1 Å². The third-order valence-electron chi connectivity index (χ3n) is 7.49. The molecule has 1 aliphatic carbocycles. The molecule has 2 atom stereocenters. The van der Waals surface area contributed by atoms with Crippen LogP contribution >= 0.6 is 0 Å². The maximum atomic E-state index is 12.8. The molecular weight excluding hydrogens is 464 g/mol. The number of methoxy groups -OCH3 is 2. The first-order valence-corrected chi connectivity index (χ1v) is 13.2. The lowest BCUT2D eigenvalue weighted by molar-refractivity contribution is -0.0277. The van der Waals surface area contributed by atoms with Gasteiger partial charge in [-0.15, -0.1) is 0 Å². The average Bonchev–Trinajstić information content (AvgIpc) is 2.95. The van der Waals surface area contributed by atoms with Crippen LogP contribution in [0.15, 0.2) is 42.5 Å². The van der Waals surface area contributed by atoms with Gasteiger partial charge in [0.05, 0.1) is 19.9 Å².